The fourth-order valence-corrected chi connectivity index (χ4v) is 0.628. The van der Waals surface area contributed by atoms with Crippen LogP contribution in [0.1, 0.15) is 13.8 Å². The molecule has 0 aromatic heterocycles. The average Bonchev–Trinajstić information content (AvgIpc) is 1.69. The molecule has 0 bridgehead atoms. The molecule has 10 heavy (non-hydrogen) atoms. The SMILES string of the molecule is [CH2-]CN(C[CH2-])C(C)C.[CH3-].[Y+3]. The van der Waals surface area contributed by atoms with Gasteiger partial charge in [-0.25, -0.2) is 0 Å². The van der Waals surface area contributed by atoms with Crippen LogP contribution >= 0.6 is 0 Å². The molecule has 0 heterocycles. The molecule has 0 rings (SSSR count). The van der Waals surface area contributed by atoms with Crippen LogP contribution in [0, 0.1) is 21.3 Å². The summed E-state index contributed by atoms with van der Waals surface area (Å²) in [6.45, 7) is 13.6. The minimum absolute atomic E-state index is 0. The van der Waals surface area contributed by atoms with Crippen LogP contribution in [0.5, 0.6) is 0 Å². The molecule has 0 aliphatic carbocycles. The predicted octanol–water partition coefficient (Wildman–Crippen LogP) is 1.81. The fourth-order valence-electron chi connectivity index (χ4n) is 0.628. The first-order chi connectivity index (χ1) is 3.72. The van der Waals surface area contributed by atoms with Crippen molar-refractivity contribution in [3.05, 3.63) is 21.3 Å². The zero-order chi connectivity index (χ0) is 6.57. The maximum absolute atomic E-state index is 3.76. The zero-order valence-electron chi connectivity index (χ0n) is 7.43. The van der Waals surface area contributed by atoms with E-state index in [1.54, 1.807) is 0 Å². The molecule has 0 aliphatic heterocycles. The first-order valence-corrected chi connectivity index (χ1v) is 3.05. The van der Waals surface area contributed by atoms with Gasteiger partial charge in [0.25, 0.3) is 0 Å². The topological polar surface area (TPSA) is 3.24 Å². The van der Waals surface area contributed by atoms with Crippen molar-refractivity contribution in [1.82, 2.24) is 4.90 Å². The Kier molecular flexibility index (Phi) is 17.3. The summed E-state index contributed by atoms with van der Waals surface area (Å²) in [5, 5.41) is 0. The molecule has 0 aliphatic rings. The number of hydrogen-bond acceptors (Lipinski definition) is 1. The minimum atomic E-state index is 0. The summed E-state index contributed by atoms with van der Waals surface area (Å²) in [7, 11) is 0. The number of hydrogen-bond donors (Lipinski definition) is 0. The van der Waals surface area contributed by atoms with E-state index in [4.69, 9.17) is 0 Å². The average molecular weight is 217 g/mol. The van der Waals surface area contributed by atoms with E-state index >= 15 is 0 Å². The van der Waals surface area contributed by atoms with Gasteiger partial charge in [0, 0.05) is 0 Å². The van der Waals surface area contributed by atoms with E-state index in [1.807, 2.05) is 0 Å². The molecule has 0 atom stereocenters. The van der Waals surface area contributed by atoms with Crippen molar-refractivity contribution in [2.75, 3.05) is 13.1 Å². The van der Waals surface area contributed by atoms with Crippen LogP contribution in [-0.4, -0.2) is 24.0 Å². The van der Waals surface area contributed by atoms with Crippen LogP contribution in [0.4, 0.5) is 0 Å². The van der Waals surface area contributed by atoms with Gasteiger partial charge >= 0.3 is 32.7 Å². The van der Waals surface area contributed by atoms with E-state index in [1.165, 1.54) is 0 Å². The molecule has 2 heteroatoms. The molecule has 1 nitrogen and oxygen atoms in total. The fraction of sp³-hybridized carbons (Fsp3) is 0.625. The van der Waals surface area contributed by atoms with Gasteiger partial charge in [-0.3, -0.25) is 0 Å². The Bertz CT molecular complexity index is 51.2. The molecule has 0 amide bonds. The van der Waals surface area contributed by atoms with E-state index in [-0.39, 0.29) is 40.1 Å². The van der Waals surface area contributed by atoms with Crippen molar-refractivity contribution >= 4 is 0 Å². The first kappa shape index (κ1) is 17.2. The Labute approximate surface area is 91.4 Å². The Hall–Kier alpha value is 1.06. The third-order valence-electron chi connectivity index (χ3n) is 1.30. The summed E-state index contributed by atoms with van der Waals surface area (Å²) < 4.78 is 0. The summed E-state index contributed by atoms with van der Waals surface area (Å²) >= 11 is 0. The van der Waals surface area contributed by atoms with Crippen molar-refractivity contribution < 1.29 is 32.7 Å². The standard InChI is InChI=1S/C7H15N.CH3.Y/c1-5-8(6-2)7(3)4;;/h7H,1-2,5-6H2,3-4H3;1H3;/q-2;-1;+3. The summed E-state index contributed by atoms with van der Waals surface area (Å²) in [5.41, 5.74) is 0. The van der Waals surface area contributed by atoms with Gasteiger partial charge in [-0.15, -0.1) is 13.1 Å². The van der Waals surface area contributed by atoms with Crippen molar-refractivity contribution in [1.29, 1.82) is 0 Å². The molecule has 0 N–H and O–H groups in total. The first-order valence-electron chi connectivity index (χ1n) is 3.05. The Morgan fingerprint density at radius 2 is 1.50 bits per heavy atom. The van der Waals surface area contributed by atoms with Crippen molar-refractivity contribution in [3.63, 3.8) is 0 Å². The molecule has 0 radical (unpaired) electrons. The zero-order valence-corrected chi connectivity index (χ0v) is 10.3. The molecule has 0 unspecified atom stereocenters. The summed E-state index contributed by atoms with van der Waals surface area (Å²) in [6.07, 6.45) is 0. The third-order valence-corrected chi connectivity index (χ3v) is 1.30. The second-order valence-electron chi connectivity index (χ2n) is 2.13. The Morgan fingerprint density at radius 3 is 1.50 bits per heavy atom. The van der Waals surface area contributed by atoms with E-state index in [0.717, 1.165) is 13.1 Å². The van der Waals surface area contributed by atoms with Gasteiger partial charge < -0.3 is 26.2 Å². The quantitative estimate of drug-likeness (QED) is 0.652. The van der Waals surface area contributed by atoms with E-state index in [2.05, 4.69) is 32.6 Å². The van der Waals surface area contributed by atoms with E-state index in [0.29, 0.717) is 6.04 Å². The molecule has 0 spiro atoms. The minimum Gasteiger partial charge on any atom is -0.360 e. The van der Waals surface area contributed by atoms with Gasteiger partial charge in [-0.1, -0.05) is 13.8 Å². The monoisotopic (exact) mass is 217 g/mol. The number of nitrogens with zero attached hydrogens (tertiary/aromatic N) is 1. The maximum atomic E-state index is 3.76. The third kappa shape index (κ3) is 7.17. The molecule has 0 aromatic carbocycles. The molecule has 0 saturated heterocycles. The van der Waals surface area contributed by atoms with Gasteiger partial charge in [0.15, 0.2) is 0 Å². The Morgan fingerprint density at radius 1 is 1.20 bits per heavy atom. The van der Waals surface area contributed by atoms with Crippen LogP contribution in [0.3, 0.4) is 0 Å². The number of rotatable bonds is 3. The summed E-state index contributed by atoms with van der Waals surface area (Å²) in [5.74, 6) is 0. The van der Waals surface area contributed by atoms with Crippen LogP contribution in [-0.2, 0) is 32.7 Å². The van der Waals surface area contributed by atoms with Crippen molar-refractivity contribution in [2.45, 2.75) is 19.9 Å². The van der Waals surface area contributed by atoms with Gasteiger partial charge in [0.2, 0.25) is 0 Å². The normalized spacial score (nSPS) is 9.00. The van der Waals surface area contributed by atoms with Crippen LogP contribution in [0.25, 0.3) is 0 Å². The smallest absolute Gasteiger partial charge is 0.360 e. The maximum Gasteiger partial charge on any atom is 3.00 e. The second-order valence-corrected chi connectivity index (χ2v) is 2.13. The van der Waals surface area contributed by atoms with Crippen molar-refractivity contribution in [3.8, 4) is 0 Å². The molecule has 0 saturated carbocycles. The van der Waals surface area contributed by atoms with Crippen LogP contribution in [0.2, 0.25) is 0 Å². The van der Waals surface area contributed by atoms with Gasteiger partial charge in [0.1, 0.15) is 0 Å². The summed E-state index contributed by atoms with van der Waals surface area (Å²) in [6, 6.07) is 0.588. The summed E-state index contributed by atoms with van der Waals surface area (Å²) in [4.78, 5) is 2.19. The van der Waals surface area contributed by atoms with E-state index < -0.39 is 0 Å². The Balaban J connectivity index is -0.000000245. The molecule has 58 valence electrons. The van der Waals surface area contributed by atoms with Crippen molar-refractivity contribution in [2.24, 2.45) is 0 Å². The van der Waals surface area contributed by atoms with Crippen LogP contribution in [0.15, 0.2) is 0 Å². The molecule has 0 aromatic rings. The van der Waals surface area contributed by atoms with Gasteiger partial charge in [-0.05, 0) is 6.04 Å². The van der Waals surface area contributed by atoms with Gasteiger partial charge in [0.05, 0.1) is 0 Å². The predicted molar refractivity (Wildman–Crippen MR) is 43.8 cm³/mol. The van der Waals surface area contributed by atoms with Crippen LogP contribution < -0.4 is 0 Å². The largest absolute Gasteiger partial charge is 3.00 e. The molecule has 0 fully saturated rings. The molecular formula is C8H18NY. The molecular weight excluding hydrogens is 199 g/mol. The van der Waals surface area contributed by atoms with E-state index in [9.17, 15) is 0 Å². The van der Waals surface area contributed by atoms with Gasteiger partial charge in [-0.2, -0.15) is 0 Å². The second kappa shape index (κ2) is 10.1.